The third kappa shape index (κ3) is 2.68. The molecule has 3 rings (SSSR count). The highest BCUT2D eigenvalue weighted by Crippen LogP contribution is 2.16. The second-order valence-electron chi connectivity index (χ2n) is 4.12. The molecule has 0 aromatic carbocycles. The van der Waals surface area contributed by atoms with Gasteiger partial charge in [-0.2, -0.15) is 10.4 Å². The van der Waals surface area contributed by atoms with Crippen LogP contribution in [-0.2, 0) is 6.54 Å². The lowest BCUT2D eigenvalue weighted by molar-refractivity contribution is 0.847. The first kappa shape index (κ1) is 12.4. The molecule has 0 atom stereocenters. The van der Waals surface area contributed by atoms with Gasteiger partial charge in [0.15, 0.2) is 5.82 Å². The molecular weight excluding hydrogens is 270 g/mol. The fourth-order valence-electron chi connectivity index (χ4n) is 1.75. The molecule has 0 unspecified atom stereocenters. The molecule has 5 nitrogen and oxygen atoms in total. The number of pyridine rings is 1. The van der Waals surface area contributed by atoms with Crippen LogP contribution in [0.15, 0.2) is 48.2 Å². The van der Waals surface area contributed by atoms with Crippen LogP contribution in [0, 0.1) is 11.3 Å². The van der Waals surface area contributed by atoms with Gasteiger partial charge in [-0.05, 0) is 24.3 Å². The number of aromatic nitrogens is 3. The number of thiophene rings is 1. The van der Waals surface area contributed by atoms with E-state index in [1.807, 2.05) is 35.8 Å². The van der Waals surface area contributed by atoms with E-state index < -0.39 is 0 Å². The predicted molar refractivity (Wildman–Crippen MR) is 77.7 cm³/mol. The van der Waals surface area contributed by atoms with E-state index in [9.17, 15) is 0 Å². The molecule has 0 aliphatic heterocycles. The first-order valence-corrected chi connectivity index (χ1v) is 6.90. The van der Waals surface area contributed by atoms with Crippen molar-refractivity contribution in [2.45, 2.75) is 6.54 Å². The van der Waals surface area contributed by atoms with Gasteiger partial charge in [-0.15, -0.1) is 11.3 Å². The van der Waals surface area contributed by atoms with Gasteiger partial charge in [0, 0.05) is 29.2 Å². The van der Waals surface area contributed by atoms with Crippen LogP contribution in [0.2, 0.25) is 0 Å². The minimum absolute atomic E-state index is 0.690. The normalized spacial score (nSPS) is 10.2. The summed E-state index contributed by atoms with van der Waals surface area (Å²) < 4.78 is 1.71. The van der Waals surface area contributed by atoms with Crippen LogP contribution in [0.5, 0.6) is 0 Å². The lowest BCUT2D eigenvalue weighted by atomic mass is 10.3. The highest BCUT2D eigenvalue weighted by molar-refractivity contribution is 7.10. The molecule has 3 aromatic rings. The van der Waals surface area contributed by atoms with Gasteiger partial charge in [-0.25, -0.2) is 9.67 Å². The number of nitriles is 1. The van der Waals surface area contributed by atoms with Crippen molar-refractivity contribution in [1.29, 1.82) is 5.26 Å². The summed E-state index contributed by atoms with van der Waals surface area (Å²) in [6.45, 7) is 0.690. The van der Waals surface area contributed by atoms with Crippen molar-refractivity contribution in [3.8, 4) is 11.9 Å². The average molecular weight is 281 g/mol. The summed E-state index contributed by atoms with van der Waals surface area (Å²) in [4.78, 5) is 5.47. The van der Waals surface area contributed by atoms with Crippen molar-refractivity contribution < 1.29 is 0 Å². The largest absolute Gasteiger partial charge is 0.379 e. The predicted octanol–water partition coefficient (Wildman–Crippen LogP) is 2.81. The summed E-state index contributed by atoms with van der Waals surface area (Å²) in [5.74, 6) is 0.781. The fourth-order valence-corrected chi connectivity index (χ4v) is 2.50. The van der Waals surface area contributed by atoms with Crippen LogP contribution >= 0.6 is 11.3 Å². The Hall–Kier alpha value is -2.65. The molecule has 0 aliphatic carbocycles. The lowest BCUT2D eigenvalue weighted by Gasteiger charge is -2.05. The SMILES string of the molecule is N#Cc1csc(CNc2ccc(-n3cccn3)nc2)c1. The Bertz CT molecular complexity index is 722. The molecule has 0 spiro atoms. The quantitative estimate of drug-likeness (QED) is 0.798. The molecule has 0 saturated carbocycles. The Balaban J connectivity index is 1.65. The van der Waals surface area contributed by atoms with Crippen molar-refractivity contribution in [3.05, 3.63) is 58.7 Å². The summed E-state index contributed by atoms with van der Waals surface area (Å²) in [6, 6.07) is 9.75. The first-order chi connectivity index (χ1) is 9.85. The van der Waals surface area contributed by atoms with Crippen LogP contribution < -0.4 is 5.32 Å². The molecule has 0 amide bonds. The second-order valence-corrected chi connectivity index (χ2v) is 5.12. The summed E-state index contributed by atoms with van der Waals surface area (Å²) in [6.07, 6.45) is 5.34. The molecule has 0 bridgehead atoms. The number of nitrogens with zero attached hydrogens (tertiary/aromatic N) is 4. The van der Waals surface area contributed by atoms with Crippen LogP contribution in [0.1, 0.15) is 10.4 Å². The summed E-state index contributed by atoms with van der Waals surface area (Å²) in [7, 11) is 0. The number of anilines is 1. The Kier molecular flexibility index (Phi) is 3.44. The van der Waals surface area contributed by atoms with Gasteiger partial charge in [0.05, 0.1) is 17.4 Å². The van der Waals surface area contributed by atoms with Crippen LogP contribution in [0.3, 0.4) is 0 Å². The van der Waals surface area contributed by atoms with Gasteiger partial charge in [0.1, 0.15) is 6.07 Å². The fraction of sp³-hybridized carbons (Fsp3) is 0.0714. The standard InChI is InChI=1S/C14H11N5S/c15-7-11-6-13(20-10-11)9-16-12-2-3-14(17-8-12)19-5-1-4-18-19/h1-6,8,10,16H,9H2. The highest BCUT2D eigenvalue weighted by Gasteiger charge is 2.01. The number of rotatable bonds is 4. The average Bonchev–Trinajstić information content (AvgIpc) is 3.17. The number of hydrogen-bond acceptors (Lipinski definition) is 5. The smallest absolute Gasteiger partial charge is 0.153 e. The Morgan fingerprint density at radius 1 is 1.40 bits per heavy atom. The van der Waals surface area contributed by atoms with E-state index in [2.05, 4.69) is 21.5 Å². The minimum atomic E-state index is 0.690. The van der Waals surface area contributed by atoms with E-state index >= 15 is 0 Å². The summed E-state index contributed by atoms with van der Waals surface area (Å²) >= 11 is 1.58. The molecule has 0 aliphatic rings. The summed E-state index contributed by atoms with van der Waals surface area (Å²) in [5, 5.41) is 18.0. The zero-order chi connectivity index (χ0) is 13.8. The zero-order valence-corrected chi connectivity index (χ0v) is 11.3. The van der Waals surface area contributed by atoms with Crippen LogP contribution in [-0.4, -0.2) is 14.8 Å². The lowest BCUT2D eigenvalue weighted by Crippen LogP contribution is -2.01. The van der Waals surface area contributed by atoms with E-state index in [0.717, 1.165) is 16.4 Å². The molecule has 0 fully saturated rings. The van der Waals surface area contributed by atoms with Gasteiger partial charge in [0.25, 0.3) is 0 Å². The monoisotopic (exact) mass is 281 g/mol. The van der Waals surface area contributed by atoms with E-state index in [0.29, 0.717) is 12.1 Å². The van der Waals surface area contributed by atoms with E-state index in [1.54, 1.807) is 28.4 Å². The molecule has 1 N–H and O–H groups in total. The topological polar surface area (TPSA) is 66.5 Å². The van der Waals surface area contributed by atoms with Gasteiger partial charge >= 0.3 is 0 Å². The van der Waals surface area contributed by atoms with E-state index in [1.165, 1.54) is 0 Å². The molecule has 20 heavy (non-hydrogen) atoms. The number of nitrogens with one attached hydrogen (secondary N) is 1. The van der Waals surface area contributed by atoms with E-state index in [-0.39, 0.29) is 0 Å². The molecule has 6 heteroatoms. The zero-order valence-electron chi connectivity index (χ0n) is 10.5. The van der Waals surface area contributed by atoms with Gasteiger partial charge < -0.3 is 5.32 Å². The van der Waals surface area contributed by atoms with Crippen molar-refractivity contribution >= 4 is 17.0 Å². The highest BCUT2D eigenvalue weighted by atomic mass is 32.1. The Morgan fingerprint density at radius 3 is 3.00 bits per heavy atom. The molecular formula is C14H11N5S. The molecule has 0 saturated heterocycles. The van der Waals surface area contributed by atoms with Gasteiger partial charge in [0.2, 0.25) is 0 Å². The van der Waals surface area contributed by atoms with Crippen molar-refractivity contribution in [1.82, 2.24) is 14.8 Å². The molecule has 98 valence electrons. The van der Waals surface area contributed by atoms with Crippen LogP contribution in [0.4, 0.5) is 5.69 Å². The third-order valence-corrected chi connectivity index (χ3v) is 3.67. The summed E-state index contributed by atoms with van der Waals surface area (Å²) in [5.41, 5.74) is 1.65. The molecule has 3 aromatic heterocycles. The molecule has 0 radical (unpaired) electrons. The van der Waals surface area contributed by atoms with Crippen molar-refractivity contribution in [2.75, 3.05) is 5.32 Å². The van der Waals surface area contributed by atoms with Gasteiger partial charge in [-0.3, -0.25) is 0 Å². The van der Waals surface area contributed by atoms with Gasteiger partial charge in [-0.1, -0.05) is 0 Å². The minimum Gasteiger partial charge on any atom is -0.379 e. The maximum absolute atomic E-state index is 8.78. The Morgan fingerprint density at radius 2 is 2.35 bits per heavy atom. The van der Waals surface area contributed by atoms with Crippen molar-refractivity contribution in [2.24, 2.45) is 0 Å². The van der Waals surface area contributed by atoms with E-state index in [4.69, 9.17) is 5.26 Å². The van der Waals surface area contributed by atoms with Crippen molar-refractivity contribution in [3.63, 3.8) is 0 Å². The van der Waals surface area contributed by atoms with Crippen LogP contribution in [0.25, 0.3) is 5.82 Å². The maximum Gasteiger partial charge on any atom is 0.153 e. The maximum atomic E-state index is 8.78. The third-order valence-electron chi connectivity index (χ3n) is 2.74. The number of hydrogen-bond donors (Lipinski definition) is 1. The second kappa shape index (κ2) is 5.55. The first-order valence-electron chi connectivity index (χ1n) is 6.02. The Labute approximate surface area is 120 Å². The molecule has 3 heterocycles.